The van der Waals surface area contributed by atoms with Crippen LogP contribution in [0.2, 0.25) is 5.02 Å². The Balaban J connectivity index is 0.00000120. The number of aromatic amines is 1. The highest BCUT2D eigenvalue weighted by atomic mass is 35.5. The molecule has 98 valence electrons. The highest BCUT2D eigenvalue weighted by Gasteiger charge is 2.21. The molecule has 1 N–H and O–H groups in total. The lowest BCUT2D eigenvalue weighted by Crippen LogP contribution is -2.29. The molecule has 0 aliphatic carbocycles. The van der Waals surface area contributed by atoms with E-state index in [4.69, 9.17) is 11.6 Å². The molecule has 1 saturated heterocycles. The van der Waals surface area contributed by atoms with E-state index in [1.807, 2.05) is 12.1 Å². The molecule has 0 amide bonds. The minimum Gasteiger partial charge on any atom is -0.360 e. The Hall–Kier alpha value is -0.700. The lowest BCUT2D eigenvalue weighted by Gasteiger charge is -2.28. The molecule has 0 bridgehead atoms. The molecule has 2 aromatic rings. The second-order valence-corrected chi connectivity index (χ2v) is 5.39. The third kappa shape index (κ3) is 2.37. The Kier molecular flexibility index (Phi) is 4.21. The summed E-state index contributed by atoms with van der Waals surface area (Å²) >= 11 is 6.19. The molecule has 0 radical (unpaired) electrons. The Morgan fingerprint density at radius 1 is 1.28 bits per heavy atom. The van der Waals surface area contributed by atoms with Crippen LogP contribution in [0, 0.1) is 0 Å². The summed E-state index contributed by atoms with van der Waals surface area (Å²) in [6.45, 7) is 2.38. The van der Waals surface area contributed by atoms with Gasteiger partial charge < -0.3 is 9.88 Å². The zero-order valence-electron chi connectivity index (χ0n) is 10.4. The first kappa shape index (κ1) is 13.7. The van der Waals surface area contributed by atoms with Crippen molar-refractivity contribution >= 4 is 34.9 Å². The number of fused-ring (bicyclic) bond motifs is 1. The summed E-state index contributed by atoms with van der Waals surface area (Å²) in [5, 5.41) is 2.12. The van der Waals surface area contributed by atoms with E-state index in [1.54, 1.807) is 0 Å². The van der Waals surface area contributed by atoms with Gasteiger partial charge >= 0.3 is 0 Å². The van der Waals surface area contributed by atoms with Gasteiger partial charge in [-0.2, -0.15) is 0 Å². The van der Waals surface area contributed by atoms with Crippen LogP contribution in [0.15, 0.2) is 24.4 Å². The predicted molar refractivity (Wildman–Crippen MR) is 80.0 cm³/mol. The van der Waals surface area contributed by atoms with Crippen molar-refractivity contribution in [3.05, 3.63) is 35.0 Å². The van der Waals surface area contributed by atoms with Gasteiger partial charge in [0.1, 0.15) is 0 Å². The zero-order valence-corrected chi connectivity index (χ0v) is 12.0. The van der Waals surface area contributed by atoms with Crippen LogP contribution in [-0.2, 0) is 0 Å². The Bertz CT molecular complexity index is 528. The fourth-order valence-electron chi connectivity index (χ4n) is 2.80. The van der Waals surface area contributed by atoms with Gasteiger partial charge in [-0.3, -0.25) is 0 Å². The number of H-pyrrole nitrogens is 1. The zero-order chi connectivity index (χ0) is 11.8. The maximum Gasteiger partial charge on any atom is 0.0647 e. The Morgan fingerprint density at radius 3 is 2.72 bits per heavy atom. The van der Waals surface area contributed by atoms with Gasteiger partial charge in [0, 0.05) is 11.6 Å². The average Bonchev–Trinajstić information content (AvgIpc) is 2.75. The number of halogens is 2. The molecule has 0 atom stereocenters. The molecule has 4 heteroatoms. The van der Waals surface area contributed by atoms with Crippen molar-refractivity contribution < 1.29 is 0 Å². The van der Waals surface area contributed by atoms with Crippen molar-refractivity contribution in [3.8, 4) is 0 Å². The first-order valence-corrected chi connectivity index (χ1v) is 6.57. The van der Waals surface area contributed by atoms with Gasteiger partial charge in [0.25, 0.3) is 0 Å². The smallest absolute Gasteiger partial charge is 0.0647 e. The van der Waals surface area contributed by atoms with Crippen molar-refractivity contribution in [3.63, 3.8) is 0 Å². The molecular formula is C14H18Cl2N2. The number of piperidine rings is 1. The minimum absolute atomic E-state index is 0. The van der Waals surface area contributed by atoms with E-state index < -0.39 is 0 Å². The van der Waals surface area contributed by atoms with Crippen molar-refractivity contribution in [2.45, 2.75) is 18.8 Å². The Morgan fingerprint density at radius 2 is 2.00 bits per heavy atom. The average molecular weight is 285 g/mol. The number of benzene rings is 1. The van der Waals surface area contributed by atoms with Gasteiger partial charge in [-0.1, -0.05) is 23.7 Å². The van der Waals surface area contributed by atoms with E-state index in [1.165, 1.54) is 36.9 Å². The molecule has 1 aliphatic heterocycles. The first-order chi connectivity index (χ1) is 8.25. The number of para-hydroxylation sites is 1. The summed E-state index contributed by atoms with van der Waals surface area (Å²) in [6, 6.07) is 6.15. The van der Waals surface area contributed by atoms with E-state index in [2.05, 4.69) is 29.2 Å². The number of hydrogen-bond acceptors (Lipinski definition) is 1. The van der Waals surface area contributed by atoms with Crippen molar-refractivity contribution in [2.75, 3.05) is 20.1 Å². The molecule has 0 unspecified atom stereocenters. The molecule has 2 nitrogen and oxygen atoms in total. The number of aromatic nitrogens is 1. The normalized spacial score (nSPS) is 17.9. The summed E-state index contributed by atoms with van der Waals surface area (Å²) in [5.74, 6) is 0.679. The van der Waals surface area contributed by atoms with Crippen LogP contribution >= 0.6 is 24.0 Å². The fourth-order valence-corrected chi connectivity index (χ4v) is 3.03. The SMILES string of the molecule is CN1CCC(c2c[nH]c3c(Cl)cccc23)CC1.Cl. The molecule has 0 saturated carbocycles. The topological polar surface area (TPSA) is 19.0 Å². The van der Waals surface area contributed by atoms with Gasteiger partial charge in [0.05, 0.1) is 10.5 Å². The van der Waals surface area contributed by atoms with Crippen LogP contribution in [0.3, 0.4) is 0 Å². The largest absolute Gasteiger partial charge is 0.360 e. The minimum atomic E-state index is 0. The van der Waals surface area contributed by atoms with Crippen molar-refractivity contribution in [1.82, 2.24) is 9.88 Å². The highest BCUT2D eigenvalue weighted by molar-refractivity contribution is 6.35. The number of hydrogen-bond donors (Lipinski definition) is 1. The predicted octanol–water partition coefficient (Wildman–Crippen LogP) is 4.05. The molecule has 1 aromatic heterocycles. The van der Waals surface area contributed by atoms with E-state index in [0.29, 0.717) is 5.92 Å². The van der Waals surface area contributed by atoms with Crippen LogP contribution in [-0.4, -0.2) is 30.0 Å². The summed E-state index contributed by atoms with van der Waals surface area (Å²) in [6.07, 6.45) is 4.64. The third-order valence-electron chi connectivity index (χ3n) is 3.86. The summed E-state index contributed by atoms with van der Waals surface area (Å²) in [4.78, 5) is 5.72. The van der Waals surface area contributed by atoms with Crippen LogP contribution in [0.25, 0.3) is 10.9 Å². The molecule has 2 heterocycles. The van der Waals surface area contributed by atoms with Crippen LogP contribution in [0.4, 0.5) is 0 Å². The van der Waals surface area contributed by atoms with Gasteiger partial charge in [0.15, 0.2) is 0 Å². The third-order valence-corrected chi connectivity index (χ3v) is 4.17. The monoisotopic (exact) mass is 284 g/mol. The molecular weight excluding hydrogens is 267 g/mol. The standard InChI is InChI=1S/C14H17ClN2.ClH/c1-17-7-5-10(6-8-17)12-9-16-14-11(12)3-2-4-13(14)15;/h2-4,9-10,16H,5-8H2,1H3;1H. The van der Waals surface area contributed by atoms with E-state index in [-0.39, 0.29) is 12.4 Å². The number of nitrogens with one attached hydrogen (secondary N) is 1. The van der Waals surface area contributed by atoms with Crippen molar-refractivity contribution in [1.29, 1.82) is 0 Å². The summed E-state index contributed by atoms with van der Waals surface area (Å²) < 4.78 is 0. The van der Waals surface area contributed by atoms with E-state index in [0.717, 1.165) is 10.5 Å². The summed E-state index contributed by atoms with van der Waals surface area (Å²) in [5.41, 5.74) is 2.53. The molecule has 0 spiro atoms. The fraction of sp³-hybridized carbons (Fsp3) is 0.429. The van der Waals surface area contributed by atoms with Gasteiger partial charge in [-0.15, -0.1) is 12.4 Å². The quantitative estimate of drug-likeness (QED) is 0.837. The van der Waals surface area contributed by atoms with Gasteiger partial charge in [0.2, 0.25) is 0 Å². The number of likely N-dealkylation sites (tertiary alicyclic amines) is 1. The number of rotatable bonds is 1. The second-order valence-electron chi connectivity index (χ2n) is 4.98. The lowest BCUT2D eigenvalue weighted by molar-refractivity contribution is 0.256. The van der Waals surface area contributed by atoms with Gasteiger partial charge in [-0.25, -0.2) is 0 Å². The molecule has 1 fully saturated rings. The highest BCUT2D eigenvalue weighted by Crippen LogP contribution is 2.34. The molecule has 1 aliphatic rings. The van der Waals surface area contributed by atoms with E-state index >= 15 is 0 Å². The molecule has 18 heavy (non-hydrogen) atoms. The lowest BCUT2D eigenvalue weighted by atomic mass is 9.89. The van der Waals surface area contributed by atoms with Gasteiger partial charge in [-0.05, 0) is 50.5 Å². The first-order valence-electron chi connectivity index (χ1n) is 6.20. The van der Waals surface area contributed by atoms with Crippen molar-refractivity contribution in [2.24, 2.45) is 0 Å². The summed E-state index contributed by atoms with van der Waals surface area (Å²) in [7, 11) is 2.20. The van der Waals surface area contributed by atoms with Crippen LogP contribution < -0.4 is 0 Å². The number of nitrogens with zero attached hydrogens (tertiary/aromatic N) is 1. The van der Waals surface area contributed by atoms with E-state index in [9.17, 15) is 0 Å². The maximum atomic E-state index is 6.19. The Labute approximate surface area is 119 Å². The second kappa shape index (κ2) is 5.52. The maximum absolute atomic E-state index is 6.19. The van der Waals surface area contributed by atoms with Crippen LogP contribution in [0.5, 0.6) is 0 Å². The molecule has 1 aromatic carbocycles. The molecule has 3 rings (SSSR count). The van der Waals surface area contributed by atoms with Crippen LogP contribution in [0.1, 0.15) is 24.3 Å².